The van der Waals surface area contributed by atoms with E-state index in [-0.39, 0.29) is 24.0 Å². The minimum atomic E-state index is -0.551. The molecule has 7 heteroatoms. The molecule has 0 saturated carbocycles. The molecule has 1 aromatic heterocycles. The summed E-state index contributed by atoms with van der Waals surface area (Å²) in [6, 6.07) is 21.3. The third-order valence-electron chi connectivity index (χ3n) is 7.27. The van der Waals surface area contributed by atoms with Gasteiger partial charge in [0.1, 0.15) is 5.60 Å². The normalized spacial score (nSPS) is 24.5. The SMILES string of the molecule is CC(=O)N[C@@]12CCN(C(=O)OC(C)(C)C)C[C@@H]1[C@@H](c1ccccc1)N(Cc1cc3ccccc3s1)C2. The summed E-state index contributed by atoms with van der Waals surface area (Å²) in [4.78, 5) is 31.1. The molecule has 2 fully saturated rings. The number of amides is 2. The lowest BCUT2D eigenvalue weighted by molar-refractivity contribution is -0.121. The number of hydrogen-bond acceptors (Lipinski definition) is 5. The van der Waals surface area contributed by atoms with Crippen molar-refractivity contribution in [2.45, 2.75) is 57.8 Å². The highest BCUT2D eigenvalue weighted by Crippen LogP contribution is 2.48. The first kappa shape index (κ1) is 24.8. The first-order chi connectivity index (χ1) is 17.1. The van der Waals surface area contributed by atoms with Gasteiger partial charge in [-0.25, -0.2) is 4.79 Å². The number of hydrogen-bond donors (Lipinski definition) is 1. The molecule has 3 aromatic rings. The minimum Gasteiger partial charge on any atom is -0.444 e. The number of benzene rings is 2. The van der Waals surface area contributed by atoms with Crippen LogP contribution in [-0.2, 0) is 16.1 Å². The van der Waals surface area contributed by atoms with E-state index in [1.165, 1.54) is 20.5 Å². The predicted molar refractivity (Wildman–Crippen MR) is 144 cm³/mol. The summed E-state index contributed by atoms with van der Waals surface area (Å²) in [6.45, 7) is 9.92. The van der Waals surface area contributed by atoms with Crippen LogP contribution in [0.5, 0.6) is 0 Å². The average molecular weight is 506 g/mol. The number of thiophene rings is 1. The molecule has 0 radical (unpaired) electrons. The van der Waals surface area contributed by atoms with Crippen molar-refractivity contribution in [3.63, 3.8) is 0 Å². The van der Waals surface area contributed by atoms with Crippen LogP contribution < -0.4 is 5.32 Å². The summed E-state index contributed by atoms with van der Waals surface area (Å²) in [5.41, 5.74) is 0.258. The summed E-state index contributed by atoms with van der Waals surface area (Å²) < 4.78 is 7.01. The molecule has 2 amide bonds. The highest BCUT2D eigenvalue weighted by Gasteiger charge is 2.56. The fourth-order valence-corrected chi connectivity index (χ4v) is 7.03. The Labute approximate surface area is 217 Å². The molecule has 2 aromatic carbocycles. The van der Waals surface area contributed by atoms with Crippen molar-refractivity contribution in [3.05, 3.63) is 71.1 Å². The largest absolute Gasteiger partial charge is 0.444 e. The summed E-state index contributed by atoms with van der Waals surface area (Å²) in [7, 11) is 0. The maximum absolute atomic E-state index is 13.0. The number of carbonyl (C=O) groups is 2. The molecule has 0 bridgehead atoms. The first-order valence-electron chi connectivity index (χ1n) is 12.7. The van der Waals surface area contributed by atoms with Crippen molar-refractivity contribution in [1.29, 1.82) is 0 Å². The Morgan fingerprint density at radius 2 is 1.83 bits per heavy atom. The zero-order valence-corrected chi connectivity index (χ0v) is 22.3. The predicted octanol–water partition coefficient (Wildman–Crippen LogP) is 5.59. The summed E-state index contributed by atoms with van der Waals surface area (Å²) >= 11 is 1.83. The Morgan fingerprint density at radius 3 is 2.53 bits per heavy atom. The van der Waals surface area contributed by atoms with Gasteiger partial charge in [0, 0.05) is 54.6 Å². The Hall–Kier alpha value is -2.90. The third-order valence-corrected chi connectivity index (χ3v) is 8.37. The van der Waals surface area contributed by atoms with Crippen molar-refractivity contribution < 1.29 is 14.3 Å². The molecule has 0 unspecified atom stereocenters. The molecular formula is C29H35N3O3S. The van der Waals surface area contributed by atoms with Gasteiger partial charge < -0.3 is 15.0 Å². The molecule has 2 aliphatic rings. The third kappa shape index (κ3) is 5.00. The van der Waals surface area contributed by atoms with Gasteiger partial charge in [0.15, 0.2) is 0 Å². The maximum atomic E-state index is 13.0. The topological polar surface area (TPSA) is 61.9 Å². The van der Waals surface area contributed by atoms with Crippen LogP contribution >= 0.6 is 11.3 Å². The van der Waals surface area contributed by atoms with Gasteiger partial charge >= 0.3 is 6.09 Å². The van der Waals surface area contributed by atoms with E-state index in [0.29, 0.717) is 19.5 Å². The zero-order valence-electron chi connectivity index (χ0n) is 21.5. The van der Waals surface area contributed by atoms with E-state index in [1.807, 2.05) is 43.1 Å². The van der Waals surface area contributed by atoms with E-state index in [4.69, 9.17) is 4.74 Å². The second-order valence-electron chi connectivity index (χ2n) is 11.1. The lowest BCUT2D eigenvalue weighted by Crippen LogP contribution is -2.62. The van der Waals surface area contributed by atoms with Crippen LogP contribution in [0, 0.1) is 5.92 Å². The Balaban J connectivity index is 1.51. The molecule has 5 rings (SSSR count). The van der Waals surface area contributed by atoms with Gasteiger partial charge in [0.2, 0.25) is 5.91 Å². The van der Waals surface area contributed by atoms with Gasteiger partial charge in [0.25, 0.3) is 0 Å². The average Bonchev–Trinajstić information content (AvgIpc) is 3.35. The second-order valence-corrected chi connectivity index (χ2v) is 12.3. The van der Waals surface area contributed by atoms with E-state index >= 15 is 0 Å². The standard InChI is InChI=1S/C29H35N3O3S/c1-20(33)30-29-14-15-31(27(34)35-28(2,3)4)18-24(29)26(21-10-6-5-7-11-21)32(19-29)17-23-16-22-12-8-9-13-25(22)36-23/h5-13,16,24,26H,14-15,17-19H2,1-4H3,(H,30,33)/t24-,26-,29-/m1/s1. The molecule has 2 aliphatic heterocycles. The number of nitrogens with zero attached hydrogens (tertiary/aromatic N) is 2. The quantitative estimate of drug-likeness (QED) is 0.502. The van der Waals surface area contributed by atoms with Gasteiger partial charge in [-0.15, -0.1) is 11.3 Å². The highest BCUT2D eigenvalue weighted by molar-refractivity contribution is 7.19. The minimum absolute atomic E-state index is 0.0266. The van der Waals surface area contributed by atoms with Crippen molar-refractivity contribution in [2.24, 2.45) is 5.92 Å². The maximum Gasteiger partial charge on any atom is 0.410 e. The van der Waals surface area contributed by atoms with Gasteiger partial charge in [-0.1, -0.05) is 48.5 Å². The second kappa shape index (κ2) is 9.52. The molecule has 3 heterocycles. The van der Waals surface area contributed by atoms with Crippen LogP contribution in [0.3, 0.4) is 0 Å². The number of rotatable bonds is 4. The van der Waals surface area contributed by atoms with E-state index < -0.39 is 11.1 Å². The van der Waals surface area contributed by atoms with Crippen LogP contribution in [0.2, 0.25) is 0 Å². The molecule has 6 nitrogen and oxygen atoms in total. The number of piperidine rings is 1. The lowest BCUT2D eigenvalue weighted by Gasteiger charge is -2.45. The molecule has 1 N–H and O–H groups in total. The Morgan fingerprint density at radius 1 is 1.11 bits per heavy atom. The Bertz CT molecular complexity index is 1220. The number of likely N-dealkylation sites (tertiary alicyclic amines) is 2. The zero-order chi connectivity index (χ0) is 25.5. The summed E-state index contributed by atoms with van der Waals surface area (Å²) in [5, 5.41) is 4.61. The van der Waals surface area contributed by atoms with Crippen molar-refractivity contribution in [1.82, 2.24) is 15.1 Å². The number of nitrogens with one attached hydrogen (secondary N) is 1. The van der Waals surface area contributed by atoms with Crippen molar-refractivity contribution >= 4 is 33.4 Å². The van der Waals surface area contributed by atoms with Crippen LogP contribution in [0.4, 0.5) is 4.79 Å². The van der Waals surface area contributed by atoms with Gasteiger partial charge in [-0.2, -0.15) is 0 Å². The Kier molecular flexibility index (Phi) is 6.55. The summed E-state index contributed by atoms with van der Waals surface area (Å²) in [5.74, 6) is 0.0145. The smallest absolute Gasteiger partial charge is 0.410 e. The van der Waals surface area contributed by atoms with E-state index in [0.717, 1.165) is 13.1 Å². The number of fused-ring (bicyclic) bond motifs is 2. The van der Waals surface area contributed by atoms with E-state index in [2.05, 4.69) is 64.8 Å². The van der Waals surface area contributed by atoms with Crippen LogP contribution in [0.25, 0.3) is 10.1 Å². The van der Waals surface area contributed by atoms with Crippen LogP contribution in [-0.4, -0.2) is 52.6 Å². The van der Waals surface area contributed by atoms with Gasteiger partial charge in [-0.3, -0.25) is 9.69 Å². The monoisotopic (exact) mass is 505 g/mol. The summed E-state index contributed by atoms with van der Waals surface area (Å²) in [6.07, 6.45) is 0.414. The van der Waals surface area contributed by atoms with Crippen LogP contribution in [0.15, 0.2) is 60.7 Å². The fourth-order valence-electron chi connectivity index (χ4n) is 5.94. The molecule has 0 aliphatic carbocycles. The molecular weight excluding hydrogens is 470 g/mol. The van der Waals surface area contributed by atoms with Crippen molar-refractivity contribution in [3.8, 4) is 0 Å². The first-order valence-corrected chi connectivity index (χ1v) is 13.5. The molecule has 190 valence electrons. The van der Waals surface area contributed by atoms with Crippen LogP contribution in [0.1, 0.15) is 50.6 Å². The molecule has 36 heavy (non-hydrogen) atoms. The molecule has 2 saturated heterocycles. The molecule has 3 atom stereocenters. The number of ether oxygens (including phenoxy) is 1. The number of carbonyl (C=O) groups excluding carboxylic acids is 2. The van der Waals surface area contributed by atoms with E-state index in [9.17, 15) is 9.59 Å². The fraction of sp³-hybridized carbons (Fsp3) is 0.448. The van der Waals surface area contributed by atoms with Gasteiger partial charge in [0.05, 0.1) is 5.54 Å². The lowest BCUT2D eigenvalue weighted by atomic mass is 9.75. The van der Waals surface area contributed by atoms with Gasteiger partial charge in [-0.05, 0) is 50.3 Å². The molecule has 0 spiro atoms. The van der Waals surface area contributed by atoms with Crippen molar-refractivity contribution in [2.75, 3.05) is 19.6 Å². The van der Waals surface area contributed by atoms with E-state index in [1.54, 1.807) is 6.92 Å². The highest BCUT2D eigenvalue weighted by atomic mass is 32.1.